The van der Waals surface area contributed by atoms with E-state index in [2.05, 4.69) is 4.98 Å². The minimum absolute atomic E-state index is 0.0764. The van der Waals surface area contributed by atoms with Gasteiger partial charge in [-0.1, -0.05) is 0 Å². The fourth-order valence-electron chi connectivity index (χ4n) is 0.536. The van der Waals surface area contributed by atoms with Crippen LogP contribution in [0, 0.1) is 0 Å². The highest BCUT2D eigenvalue weighted by Crippen LogP contribution is 2.08. The first-order chi connectivity index (χ1) is 4.70. The van der Waals surface area contributed by atoms with Gasteiger partial charge in [0.25, 0.3) is 0 Å². The van der Waals surface area contributed by atoms with Crippen LogP contribution in [0.5, 0.6) is 5.75 Å². The zero-order valence-electron chi connectivity index (χ0n) is 4.94. The van der Waals surface area contributed by atoms with Gasteiger partial charge in [0.2, 0.25) is 0 Å². The van der Waals surface area contributed by atoms with Crippen LogP contribution in [-0.4, -0.2) is 16.1 Å². The standard InChI is InChI=1S/C6H4NO3/c8-5-1-4(6(9)10)2-7-3-5/h1-3H,(H,9,10). The van der Waals surface area contributed by atoms with Crippen LogP contribution >= 0.6 is 0 Å². The number of carbonyl (C=O) groups is 1. The molecule has 1 aromatic heterocycles. The number of nitrogens with zero attached hydrogens (tertiary/aromatic N) is 1. The second-order valence-electron chi connectivity index (χ2n) is 1.71. The maximum absolute atomic E-state index is 10.5. The Morgan fingerprint density at radius 2 is 2.20 bits per heavy atom. The van der Waals surface area contributed by atoms with Gasteiger partial charge in [-0.2, -0.15) is 0 Å². The Hall–Kier alpha value is -1.58. The molecule has 10 heavy (non-hydrogen) atoms. The second kappa shape index (κ2) is 2.34. The largest absolute Gasteiger partial charge is 0.478 e. The number of aromatic nitrogens is 1. The van der Waals surface area contributed by atoms with Crippen molar-refractivity contribution >= 4 is 5.97 Å². The van der Waals surface area contributed by atoms with Gasteiger partial charge in [-0.15, -0.1) is 0 Å². The highest BCUT2D eigenvalue weighted by Gasteiger charge is 2.02. The van der Waals surface area contributed by atoms with Gasteiger partial charge in [-0.3, -0.25) is 10.1 Å². The molecule has 0 aliphatic heterocycles. The normalized spacial score (nSPS) is 9.20. The Morgan fingerprint density at radius 3 is 2.60 bits per heavy atom. The Balaban J connectivity index is 3.07. The molecule has 0 bridgehead atoms. The molecule has 0 saturated carbocycles. The van der Waals surface area contributed by atoms with E-state index in [9.17, 15) is 9.90 Å². The number of hydrogen-bond donors (Lipinski definition) is 1. The lowest BCUT2D eigenvalue weighted by Crippen LogP contribution is -1.95. The third-order valence-electron chi connectivity index (χ3n) is 0.960. The highest BCUT2D eigenvalue weighted by atomic mass is 16.4. The summed E-state index contributed by atoms with van der Waals surface area (Å²) in [5.74, 6) is -1.52. The van der Waals surface area contributed by atoms with E-state index in [1.54, 1.807) is 0 Å². The van der Waals surface area contributed by atoms with Gasteiger partial charge in [0.1, 0.15) is 0 Å². The van der Waals surface area contributed by atoms with E-state index in [4.69, 9.17) is 5.11 Å². The van der Waals surface area contributed by atoms with Crippen LogP contribution in [0.3, 0.4) is 0 Å². The molecule has 0 aromatic carbocycles. The molecule has 51 valence electrons. The summed E-state index contributed by atoms with van der Waals surface area (Å²) in [5.41, 5.74) is -0.0764. The topological polar surface area (TPSA) is 70.1 Å². The van der Waals surface area contributed by atoms with Crippen LogP contribution in [0.2, 0.25) is 0 Å². The molecule has 0 atom stereocenters. The maximum atomic E-state index is 10.5. The molecule has 0 spiro atoms. The van der Waals surface area contributed by atoms with Gasteiger partial charge >= 0.3 is 5.97 Å². The van der Waals surface area contributed by atoms with Crippen molar-refractivity contribution in [3.05, 3.63) is 24.0 Å². The quantitative estimate of drug-likeness (QED) is 0.627. The zero-order valence-corrected chi connectivity index (χ0v) is 4.94. The van der Waals surface area contributed by atoms with E-state index in [1.807, 2.05) is 0 Å². The molecule has 4 nitrogen and oxygen atoms in total. The zero-order chi connectivity index (χ0) is 7.56. The van der Waals surface area contributed by atoms with Crippen molar-refractivity contribution in [2.45, 2.75) is 0 Å². The summed E-state index contributed by atoms with van der Waals surface area (Å²) in [6.45, 7) is 0. The minimum Gasteiger partial charge on any atom is -0.478 e. The van der Waals surface area contributed by atoms with Gasteiger partial charge < -0.3 is 5.11 Å². The van der Waals surface area contributed by atoms with Crippen molar-refractivity contribution in [3.8, 4) is 5.75 Å². The van der Waals surface area contributed by atoms with Crippen LogP contribution in [0.4, 0.5) is 0 Å². The van der Waals surface area contributed by atoms with Crippen LogP contribution < -0.4 is 0 Å². The van der Waals surface area contributed by atoms with Crippen LogP contribution in [0.25, 0.3) is 0 Å². The summed E-state index contributed by atoms with van der Waals surface area (Å²) in [6, 6.07) is 1.02. The molecule has 1 radical (unpaired) electrons. The Kier molecular flexibility index (Phi) is 1.53. The fourth-order valence-corrected chi connectivity index (χ4v) is 0.536. The molecular formula is C6H4NO3. The lowest BCUT2D eigenvalue weighted by atomic mass is 10.3. The minimum atomic E-state index is -1.13. The number of carboxylic acids is 1. The summed E-state index contributed by atoms with van der Waals surface area (Å²) in [5, 5.41) is 18.8. The summed E-state index contributed by atoms with van der Waals surface area (Å²) in [7, 11) is 0. The molecule has 0 aliphatic carbocycles. The molecule has 1 rings (SSSR count). The van der Waals surface area contributed by atoms with E-state index >= 15 is 0 Å². The van der Waals surface area contributed by atoms with E-state index in [0.29, 0.717) is 0 Å². The molecule has 0 aliphatic rings. The molecule has 0 saturated heterocycles. The van der Waals surface area contributed by atoms with Gasteiger partial charge in [0, 0.05) is 12.3 Å². The monoisotopic (exact) mass is 138 g/mol. The fraction of sp³-hybridized carbons (Fsp3) is 0. The van der Waals surface area contributed by atoms with Gasteiger partial charge in [0.15, 0.2) is 5.75 Å². The number of pyridine rings is 1. The molecular weight excluding hydrogens is 134 g/mol. The SMILES string of the molecule is [O]c1cncc(C(=O)O)c1. The third-order valence-corrected chi connectivity index (χ3v) is 0.960. The summed E-state index contributed by atoms with van der Waals surface area (Å²) < 4.78 is 0. The van der Waals surface area contributed by atoms with Crippen molar-refractivity contribution in [1.82, 2.24) is 4.98 Å². The second-order valence-corrected chi connectivity index (χ2v) is 1.71. The summed E-state index contributed by atoms with van der Waals surface area (Å²) in [4.78, 5) is 13.6. The van der Waals surface area contributed by atoms with Crippen LogP contribution in [-0.2, 0) is 5.11 Å². The molecule has 0 amide bonds. The Morgan fingerprint density at radius 1 is 1.50 bits per heavy atom. The average Bonchev–Trinajstić information content (AvgIpc) is 1.88. The summed E-state index contributed by atoms with van der Waals surface area (Å²) in [6.07, 6.45) is 2.19. The van der Waals surface area contributed by atoms with Crippen molar-refractivity contribution in [1.29, 1.82) is 0 Å². The molecule has 1 aromatic rings. The first kappa shape index (κ1) is 6.54. The van der Waals surface area contributed by atoms with Crippen molar-refractivity contribution in [2.24, 2.45) is 0 Å². The van der Waals surface area contributed by atoms with Gasteiger partial charge in [-0.25, -0.2) is 4.79 Å². The van der Waals surface area contributed by atoms with Gasteiger partial charge in [0.05, 0.1) is 11.8 Å². The molecule has 1 heterocycles. The number of carboxylic acid groups (broad SMARTS) is 1. The number of rotatable bonds is 1. The Labute approximate surface area is 56.8 Å². The van der Waals surface area contributed by atoms with Crippen LogP contribution in [0.15, 0.2) is 18.5 Å². The lowest BCUT2D eigenvalue weighted by molar-refractivity contribution is 0.0695. The molecule has 0 fully saturated rings. The highest BCUT2D eigenvalue weighted by molar-refractivity contribution is 5.87. The number of hydrogen-bond acceptors (Lipinski definition) is 2. The third kappa shape index (κ3) is 1.22. The Bertz CT molecular complexity index is 259. The van der Waals surface area contributed by atoms with E-state index in [1.165, 1.54) is 0 Å². The smallest absolute Gasteiger partial charge is 0.337 e. The molecule has 1 N–H and O–H groups in total. The van der Waals surface area contributed by atoms with Crippen LogP contribution in [0.1, 0.15) is 10.4 Å². The van der Waals surface area contributed by atoms with Crippen molar-refractivity contribution in [2.75, 3.05) is 0 Å². The maximum Gasteiger partial charge on any atom is 0.337 e. The molecule has 4 heteroatoms. The van der Waals surface area contributed by atoms with Gasteiger partial charge in [-0.05, 0) is 0 Å². The predicted octanol–water partition coefficient (Wildman–Crippen LogP) is 0.924. The average molecular weight is 138 g/mol. The first-order valence-electron chi connectivity index (χ1n) is 2.55. The van der Waals surface area contributed by atoms with Crippen molar-refractivity contribution in [3.63, 3.8) is 0 Å². The van der Waals surface area contributed by atoms with E-state index in [-0.39, 0.29) is 11.3 Å². The molecule has 0 unspecified atom stereocenters. The van der Waals surface area contributed by atoms with E-state index < -0.39 is 5.97 Å². The lowest BCUT2D eigenvalue weighted by Gasteiger charge is -1.89. The van der Waals surface area contributed by atoms with Crippen molar-refractivity contribution < 1.29 is 15.0 Å². The number of aromatic carboxylic acids is 1. The van der Waals surface area contributed by atoms with E-state index in [0.717, 1.165) is 18.5 Å². The first-order valence-corrected chi connectivity index (χ1v) is 2.55. The predicted molar refractivity (Wildman–Crippen MR) is 31.3 cm³/mol. The summed E-state index contributed by atoms with van der Waals surface area (Å²) >= 11 is 0.